The lowest BCUT2D eigenvalue weighted by atomic mass is 10.2. The van der Waals surface area contributed by atoms with Crippen LogP contribution in [0.4, 0.5) is 18.3 Å². The summed E-state index contributed by atoms with van der Waals surface area (Å²) >= 11 is 3.85. The molecule has 0 aliphatic rings. The van der Waals surface area contributed by atoms with Crippen LogP contribution in [0, 0.1) is 17.5 Å². The highest BCUT2D eigenvalue weighted by Crippen LogP contribution is 2.30. The van der Waals surface area contributed by atoms with Gasteiger partial charge in [-0.25, -0.2) is 22.9 Å². The molecule has 11 heteroatoms. The molecule has 0 unspecified atom stereocenters. The summed E-state index contributed by atoms with van der Waals surface area (Å²) in [4.78, 5) is 27.4. The number of esters is 1. The van der Waals surface area contributed by atoms with Gasteiger partial charge in [0, 0.05) is 4.47 Å². The maximum Gasteiger partial charge on any atom is 0.342 e. The number of phenolic OH excluding ortho intramolecular Hbond substituents is 1. The van der Waals surface area contributed by atoms with Gasteiger partial charge >= 0.3 is 5.97 Å². The van der Waals surface area contributed by atoms with E-state index in [0.717, 1.165) is 17.4 Å². The number of nitrogens with one attached hydrogen (secondary N) is 1. The first-order chi connectivity index (χ1) is 12.8. The van der Waals surface area contributed by atoms with Gasteiger partial charge in [-0.1, -0.05) is 27.3 Å². The Morgan fingerprint density at radius 1 is 1.22 bits per heavy atom. The van der Waals surface area contributed by atoms with E-state index < -0.39 is 41.5 Å². The highest BCUT2D eigenvalue weighted by Gasteiger charge is 2.19. The number of phenols is 1. The van der Waals surface area contributed by atoms with Crippen molar-refractivity contribution in [1.82, 2.24) is 4.98 Å². The van der Waals surface area contributed by atoms with E-state index in [1.165, 1.54) is 18.2 Å². The van der Waals surface area contributed by atoms with Gasteiger partial charge < -0.3 is 9.84 Å². The third-order valence-corrected chi connectivity index (χ3v) is 4.69. The van der Waals surface area contributed by atoms with Gasteiger partial charge in [0.1, 0.15) is 16.8 Å². The summed E-state index contributed by atoms with van der Waals surface area (Å²) in [6, 6.07) is 4.86. The maximum atomic E-state index is 13.6. The Kier molecular flexibility index (Phi) is 5.33. The number of fused-ring (bicyclic) bond motifs is 1. The Morgan fingerprint density at radius 3 is 2.70 bits per heavy atom. The predicted molar refractivity (Wildman–Crippen MR) is 94.2 cm³/mol. The van der Waals surface area contributed by atoms with Gasteiger partial charge in [0.15, 0.2) is 29.2 Å². The fraction of sp³-hybridized carbons (Fsp3) is 0.0625. The molecule has 6 nitrogen and oxygen atoms in total. The van der Waals surface area contributed by atoms with Crippen LogP contribution in [0.2, 0.25) is 0 Å². The second-order valence-corrected chi connectivity index (χ2v) is 7.08. The summed E-state index contributed by atoms with van der Waals surface area (Å²) in [6.45, 7) is -0.716. The highest BCUT2D eigenvalue weighted by molar-refractivity contribution is 9.10. The first-order valence-electron chi connectivity index (χ1n) is 7.15. The van der Waals surface area contributed by atoms with Crippen molar-refractivity contribution < 1.29 is 32.6 Å². The molecular weight excluding hydrogens is 453 g/mol. The molecule has 140 valence electrons. The highest BCUT2D eigenvalue weighted by atomic mass is 79.9. The zero-order valence-electron chi connectivity index (χ0n) is 13.1. The molecule has 1 aromatic heterocycles. The smallest absolute Gasteiger partial charge is 0.342 e. The number of rotatable bonds is 4. The van der Waals surface area contributed by atoms with E-state index in [-0.39, 0.29) is 21.1 Å². The zero-order valence-corrected chi connectivity index (χ0v) is 15.5. The van der Waals surface area contributed by atoms with Crippen LogP contribution in [0.3, 0.4) is 0 Å². The third kappa shape index (κ3) is 4.03. The number of aromatic nitrogens is 1. The average Bonchev–Trinajstić information content (AvgIpc) is 3.02. The summed E-state index contributed by atoms with van der Waals surface area (Å²) in [5.74, 6) is -6.56. The molecule has 0 radical (unpaired) electrons. The third-order valence-electron chi connectivity index (χ3n) is 3.28. The molecule has 2 N–H and O–H groups in total. The molecule has 2 aromatic carbocycles. The molecule has 0 spiro atoms. The van der Waals surface area contributed by atoms with Gasteiger partial charge in [-0.3, -0.25) is 10.1 Å². The maximum absolute atomic E-state index is 13.6. The Labute approximate surface area is 161 Å². The van der Waals surface area contributed by atoms with E-state index in [1.807, 2.05) is 0 Å². The lowest BCUT2D eigenvalue weighted by Gasteiger charge is -2.06. The van der Waals surface area contributed by atoms with Crippen molar-refractivity contribution in [2.45, 2.75) is 0 Å². The second kappa shape index (κ2) is 7.53. The number of thiazole rings is 1. The van der Waals surface area contributed by atoms with Crippen molar-refractivity contribution in [2.24, 2.45) is 0 Å². The van der Waals surface area contributed by atoms with Gasteiger partial charge in [-0.05, 0) is 24.3 Å². The number of hydrogen-bond acceptors (Lipinski definition) is 6. The fourth-order valence-corrected chi connectivity index (χ4v) is 3.33. The number of ether oxygens (including phenoxy) is 1. The number of benzene rings is 2. The van der Waals surface area contributed by atoms with E-state index in [2.05, 4.69) is 26.2 Å². The minimum absolute atomic E-state index is 0.00208. The number of aromatic hydroxyl groups is 1. The summed E-state index contributed by atoms with van der Waals surface area (Å²) < 4.78 is 45.4. The summed E-state index contributed by atoms with van der Waals surface area (Å²) in [6.07, 6.45) is 0. The molecule has 0 bridgehead atoms. The van der Waals surface area contributed by atoms with Crippen molar-refractivity contribution in [3.8, 4) is 5.75 Å². The zero-order chi connectivity index (χ0) is 19.7. The van der Waals surface area contributed by atoms with Crippen molar-refractivity contribution >= 4 is 54.5 Å². The largest absolute Gasteiger partial charge is 0.507 e. The van der Waals surface area contributed by atoms with Crippen LogP contribution < -0.4 is 5.32 Å². The van der Waals surface area contributed by atoms with Crippen molar-refractivity contribution in [3.63, 3.8) is 0 Å². The van der Waals surface area contributed by atoms with Crippen LogP contribution >= 0.6 is 27.3 Å². The Bertz CT molecular complexity index is 1070. The van der Waals surface area contributed by atoms with Crippen LogP contribution in [0.1, 0.15) is 10.4 Å². The van der Waals surface area contributed by atoms with E-state index in [1.54, 1.807) is 0 Å². The molecule has 1 amide bonds. The molecule has 0 aliphatic carbocycles. The van der Waals surface area contributed by atoms with Gasteiger partial charge in [0.2, 0.25) is 0 Å². The van der Waals surface area contributed by atoms with E-state index in [4.69, 9.17) is 4.74 Å². The quantitative estimate of drug-likeness (QED) is 0.454. The van der Waals surface area contributed by atoms with Crippen molar-refractivity contribution in [1.29, 1.82) is 0 Å². The summed E-state index contributed by atoms with van der Waals surface area (Å²) in [5.41, 5.74) is -0.574. The molecule has 27 heavy (non-hydrogen) atoms. The molecule has 3 aromatic rings. The number of carbonyl (C=O) groups is 2. The first kappa shape index (κ1) is 19.1. The molecule has 1 heterocycles. The predicted octanol–water partition coefficient (Wildman–Crippen LogP) is 3.98. The van der Waals surface area contributed by atoms with E-state index in [9.17, 15) is 27.9 Å². The normalized spacial score (nSPS) is 10.8. The lowest BCUT2D eigenvalue weighted by Crippen LogP contribution is -2.20. The van der Waals surface area contributed by atoms with Gasteiger partial charge in [0.05, 0.1) is 4.70 Å². The van der Waals surface area contributed by atoms with Crippen LogP contribution in [0.5, 0.6) is 5.75 Å². The van der Waals surface area contributed by atoms with Gasteiger partial charge in [-0.15, -0.1) is 0 Å². The molecule has 0 aliphatic heterocycles. The molecule has 0 saturated carbocycles. The van der Waals surface area contributed by atoms with Crippen molar-refractivity contribution in [2.75, 3.05) is 11.9 Å². The minimum atomic E-state index is -1.66. The number of hydrogen-bond donors (Lipinski definition) is 2. The second-order valence-electron chi connectivity index (χ2n) is 5.14. The van der Waals surface area contributed by atoms with Gasteiger partial charge in [0.25, 0.3) is 5.91 Å². The Hall–Kier alpha value is -2.66. The van der Waals surface area contributed by atoms with E-state index in [0.29, 0.717) is 4.47 Å². The number of amides is 1. The lowest BCUT2D eigenvalue weighted by molar-refractivity contribution is -0.119. The SMILES string of the molecule is O=C(COC(=O)c1cc(Br)ccc1O)Nc1nc2c(F)c(F)c(F)cc2s1. The number of nitrogens with zero attached hydrogens (tertiary/aromatic N) is 1. The monoisotopic (exact) mass is 460 g/mol. The number of halogens is 4. The number of carbonyl (C=O) groups excluding carboxylic acids is 2. The Morgan fingerprint density at radius 2 is 1.96 bits per heavy atom. The first-order valence-corrected chi connectivity index (χ1v) is 8.76. The molecule has 0 saturated heterocycles. The van der Waals surface area contributed by atoms with Crippen LogP contribution in [0.25, 0.3) is 10.2 Å². The topological polar surface area (TPSA) is 88.5 Å². The minimum Gasteiger partial charge on any atom is -0.507 e. The van der Waals surface area contributed by atoms with Crippen LogP contribution in [0.15, 0.2) is 28.7 Å². The van der Waals surface area contributed by atoms with Gasteiger partial charge in [-0.2, -0.15) is 0 Å². The van der Waals surface area contributed by atoms with Crippen molar-refractivity contribution in [3.05, 3.63) is 51.8 Å². The molecule has 0 fully saturated rings. The van der Waals surface area contributed by atoms with E-state index >= 15 is 0 Å². The number of anilines is 1. The summed E-state index contributed by atoms with van der Waals surface area (Å²) in [5, 5.41) is 11.7. The molecular formula is C16H8BrF3N2O4S. The van der Waals surface area contributed by atoms with Crippen LogP contribution in [-0.2, 0) is 9.53 Å². The summed E-state index contributed by atoms with van der Waals surface area (Å²) in [7, 11) is 0. The average molecular weight is 461 g/mol. The fourth-order valence-electron chi connectivity index (χ4n) is 2.06. The Balaban J connectivity index is 1.67. The molecule has 3 rings (SSSR count). The molecule has 0 atom stereocenters. The van der Waals surface area contributed by atoms with Crippen LogP contribution in [-0.4, -0.2) is 28.6 Å². The standard InChI is InChI=1S/C16H8BrF3N2O4S/c17-6-1-2-9(23)7(3-6)15(25)26-5-11(24)21-16-22-14-10(27-16)4-8(18)12(19)13(14)20/h1-4,23H,5H2,(H,21,22,24).